The van der Waals surface area contributed by atoms with Gasteiger partial charge in [-0.05, 0) is 48.9 Å². The summed E-state index contributed by atoms with van der Waals surface area (Å²) < 4.78 is 13.9. The summed E-state index contributed by atoms with van der Waals surface area (Å²) in [5.74, 6) is -0.239. The zero-order valence-electron chi connectivity index (χ0n) is 9.30. The van der Waals surface area contributed by atoms with Gasteiger partial charge in [0.05, 0.1) is 11.4 Å². The van der Waals surface area contributed by atoms with E-state index in [1.54, 1.807) is 6.07 Å². The van der Waals surface area contributed by atoms with Gasteiger partial charge in [0.1, 0.15) is 5.82 Å². The van der Waals surface area contributed by atoms with Crippen molar-refractivity contribution in [2.45, 2.75) is 6.92 Å². The summed E-state index contributed by atoms with van der Waals surface area (Å²) in [7, 11) is 0. The highest BCUT2D eigenvalue weighted by molar-refractivity contribution is 9.10. The molecular formula is C13H12BrFN2. The van der Waals surface area contributed by atoms with Crippen LogP contribution in [-0.4, -0.2) is 0 Å². The van der Waals surface area contributed by atoms with Crippen molar-refractivity contribution in [2.24, 2.45) is 0 Å². The normalized spacial score (nSPS) is 10.3. The third-order valence-corrected chi connectivity index (χ3v) is 2.96. The van der Waals surface area contributed by atoms with Gasteiger partial charge >= 0.3 is 0 Å². The Morgan fingerprint density at radius 3 is 2.47 bits per heavy atom. The third-order valence-electron chi connectivity index (χ3n) is 2.47. The van der Waals surface area contributed by atoms with Crippen LogP contribution < -0.4 is 11.1 Å². The molecule has 2 aromatic rings. The summed E-state index contributed by atoms with van der Waals surface area (Å²) in [6, 6.07) is 10.2. The third kappa shape index (κ3) is 2.77. The van der Waals surface area contributed by atoms with Gasteiger partial charge in [0.25, 0.3) is 0 Å². The van der Waals surface area contributed by atoms with Crippen molar-refractivity contribution in [3.63, 3.8) is 0 Å². The molecule has 0 aliphatic carbocycles. The molecule has 17 heavy (non-hydrogen) atoms. The van der Waals surface area contributed by atoms with Crippen LogP contribution in [0, 0.1) is 12.7 Å². The zero-order chi connectivity index (χ0) is 12.4. The number of nitrogens with one attached hydrogen (secondary N) is 1. The molecule has 0 aliphatic heterocycles. The quantitative estimate of drug-likeness (QED) is 0.814. The van der Waals surface area contributed by atoms with E-state index < -0.39 is 0 Å². The second-order valence-corrected chi connectivity index (χ2v) is 4.73. The SMILES string of the molecule is Cc1cc(F)ccc1Nc1ccc(Br)cc1N. The van der Waals surface area contributed by atoms with Gasteiger partial charge in [0.2, 0.25) is 0 Å². The lowest BCUT2D eigenvalue weighted by Gasteiger charge is -2.12. The standard InChI is InChI=1S/C13H12BrFN2/c1-8-6-10(15)3-5-12(8)17-13-4-2-9(14)7-11(13)16/h2-7,17H,16H2,1H3. The molecule has 0 saturated carbocycles. The number of hydrogen-bond acceptors (Lipinski definition) is 2. The van der Waals surface area contributed by atoms with Gasteiger partial charge in [0.15, 0.2) is 0 Å². The molecule has 2 nitrogen and oxygen atoms in total. The van der Waals surface area contributed by atoms with Crippen molar-refractivity contribution in [1.82, 2.24) is 0 Å². The molecule has 0 heterocycles. The van der Waals surface area contributed by atoms with Crippen LogP contribution in [-0.2, 0) is 0 Å². The van der Waals surface area contributed by atoms with Crippen LogP contribution >= 0.6 is 15.9 Å². The van der Waals surface area contributed by atoms with Gasteiger partial charge in [-0.2, -0.15) is 0 Å². The summed E-state index contributed by atoms with van der Waals surface area (Å²) in [6.45, 7) is 1.85. The Kier molecular flexibility index (Phi) is 3.33. The van der Waals surface area contributed by atoms with Gasteiger partial charge < -0.3 is 11.1 Å². The first kappa shape index (κ1) is 11.9. The Hall–Kier alpha value is -1.55. The minimum Gasteiger partial charge on any atom is -0.397 e. The number of benzene rings is 2. The number of aryl methyl sites for hydroxylation is 1. The minimum atomic E-state index is -0.239. The molecule has 3 N–H and O–H groups in total. The van der Waals surface area contributed by atoms with Crippen molar-refractivity contribution in [2.75, 3.05) is 11.1 Å². The topological polar surface area (TPSA) is 38.0 Å². The summed E-state index contributed by atoms with van der Waals surface area (Å²) in [5.41, 5.74) is 9.02. The molecular weight excluding hydrogens is 283 g/mol. The first-order chi connectivity index (χ1) is 8.06. The van der Waals surface area contributed by atoms with E-state index in [1.165, 1.54) is 12.1 Å². The highest BCUT2D eigenvalue weighted by atomic mass is 79.9. The lowest BCUT2D eigenvalue weighted by Crippen LogP contribution is -1.98. The number of nitrogens with two attached hydrogens (primary N) is 1. The first-order valence-electron chi connectivity index (χ1n) is 5.14. The molecule has 0 aliphatic rings. The Balaban J connectivity index is 2.31. The molecule has 4 heteroatoms. The fraction of sp³-hybridized carbons (Fsp3) is 0.0769. The minimum absolute atomic E-state index is 0.239. The maximum atomic E-state index is 13.0. The maximum Gasteiger partial charge on any atom is 0.123 e. The molecule has 0 unspecified atom stereocenters. The van der Waals surface area contributed by atoms with E-state index >= 15 is 0 Å². The predicted octanol–water partition coefficient (Wildman–Crippen LogP) is 4.22. The zero-order valence-corrected chi connectivity index (χ0v) is 10.9. The van der Waals surface area contributed by atoms with Gasteiger partial charge in [-0.25, -0.2) is 4.39 Å². The van der Waals surface area contributed by atoms with Gasteiger partial charge in [0, 0.05) is 10.2 Å². The van der Waals surface area contributed by atoms with Crippen LogP contribution in [0.15, 0.2) is 40.9 Å². The van der Waals surface area contributed by atoms with E-state index in [0.29, 0.717) is 5.69 Å². The van der Waals surface area contributed by atoms with E-state index in [0.717, 1.165) is 21.4 Å². The van der Waals surface area contributed by atoms with E-state index in [1.807, 2.05) is 25.1 Å². The Bertz CT molecular complexity index is 506. The van der Waals surface area contributed by atoms with E-state index in [-0.39, 0.29) is 5.82 Å². The molecule has 88 valence electrons. The van der Waals surface area contributed by atoms with Gasteiger partial charge in [-0.15, -0.1) is 0 Å². The summed E-state index contributed by atoms with van der Waals surface area (Å²) in [4.78, 5) is 0. The summed E-state index contributed by atoms with van der Waals surface area (Å²) in [5, 5.41) is 3.18. The van der Waals surface area contributed by atoms with Crippen molar-refractivity contribution >= 4 is 33.0 Å². The van der Waals surface area contributed by atoms with Crippen LogP contribution in [0.5, 0.6) is 0 Å². The van der Waals surface area contributed by atoms with E-state index in [2.05, 4.69) is 21.2 Å². The van der Waals surface area contributed by atoms with Crippen LogP contribution in [0.3, 0.4) is 0 Å². The van der Waals surface area contributed by atoms with Crippen LogP contribution in [0.2, 0.25) is 0 Å². The van der Waals surface area contributed by atoms with Crippen molar-refractivity contribution in [3.05, 3.63) is 52.3 Å². The average Bonchev–Trinajstić information content (AvgIpc) is 2.25. The Labute approximate surface area is 108 Å². The number of halogens is 2. The Morgan fingerprint density at radius 2 is 1.82 bits per heavy atom. The lowest BCUT2D eigenvalue weighted by atomic mass is 10.2. The van der Waals surface area contributed by atoms with Gasteiger partial charge in [-0.1, -0.05) is 15.9 Å². The van der Waals surface area contributed by atoms with E-state index in [9.17, 15) is 4.39 Å². The van der Waals surface area contributed by atoms with Crippen molar-refractivity contribution in [1.29, 1.82) is 0 Å². The molecule has 0 atom stereocenters. The second kappa shape index (κ2) is 4.75. The predicted molar refractivity (Wildman–Crippen MR) is 73.0 cm³/mol. The number of rotatable bonds is 2. The number of hydrogen-bond donors (Lipinski definition) is 2. The second-order valence-electron chi connectivity index (χ2n) is 3.82. The van der Waals surface area contributed by atoms with Crippen molar-refractivity contribution in [3.8, 4) is 0 Å². The molecule has 0 bridgehead atoms. The average molecular weight is 295 g/mol. The molecule has 0 fully saturated rings. The molecule has 0 amide bonds. The number of nitrogen functional groups attached to an aromatic ring is 1. The lowest BCUT2D eigenvalue weighted by molar-refractivity contribution is 0.627. The largest absolute Gasteiger partial charge is 0.397 e. The molecule has 0 radical (unpaired) electrons. The molecule has 0 aromatic heterocycles. The smallest absolute Gasteiger partial charge is 0.123 e. The van der Waals surface area contributed by atoms with Crippen LogP contribution in [0.25, 0.3) is 0 Å². The summed E-state index contributed by atoms with van der Waals surface area (Å²) in [6.07, 6.45) is 0. The maximum absolute atomic E-state index is 13.0. The van der Waals surface area contributed by atoms with Crippen molar-refractivity contribution < 1.29 is 4.39 Å². The summed E-state index contributed by atoms with van der Waals surface area (Å²) >= 11 is 3.35. The highest BCUT2D eigenvalue weighted by Gasteiger charge is 2.03. The monoisotopic (exact) mass is 294 g/mol. The van der Waals surface area contributed by atoms with E-state index in [4.69, 9.17) is 5.73 Å². The molecule has 0 saturated heterocycles. The number of anilines is 3. The van der Waals surface area contributed by atoms with Gasteiger partial charge in [-0.3, -0.25) is 0 Å². The molecule has 0 spiro atoms. The molecule has 2 aromatic carbocycles. The van der Waals surface area contributed by atoms with Crippen LogP contribution in [0.4, 0.5) is 21.5 Å². The Morgan fingerprint density at radius 1 is 1.12 bits per heavy atom. The first-order valence-corrected chi connectivity index (χ1v) is 5.94. The fourth-order valence-corrected chi connectivity index (χ4v) is 1.94. The molecule has 2 rings (SSSR count). The van der Waals surface area contributed by atoms with Crippen LogP contribution in [0.1, 0.15) is 5.56 Å². The highest BCUT2D eigenvalue weighted by Crippen LogP contribution is 2.27. The fourth-order valence-electron chi connectivity index (χ4n) is 1.56.